The lowest BCUT2D eigenvalue weighted by molar-refractivity contribution is 0.247. The molecule has 0 aliphatic rings. The van der Waals surface area contributed by atoms with Gasteiger partial charge in [-0.1, -0.05) is 31.9 Å². The van der Waals surface area contributed by atoms with Crippen LogP contribution in [0.5, 0.6) is 0 Å². The van der Waals surface area contributed by atoms with Crippen molar-refractivity contribution in [2.75, 3.05) is 6.61 Å². The van der Waals surface area contributed by atoms with Gasteiger partial charge >= 0.3 is 0 Å². The zero-order valence-corrected chi connectivity index (χ0v) is 13.2. The third kappa shape index (κ3) is 5.02. The second-order valence-electron chi connectivity index (χ2n) is 4.17. The second-order valence-corrected chi connectivity index (χ2v) is 8.71. The van der Waals surface area contributed by atoms with E-state index in [-0.39, 0.29) is 21.1 Å². The minimum absolute atomic E-state index is 0.0130. The number of hydrogen-bond donors (Lipinski definition) is 1. The van der Waals surface area contributed by atoms with Crippen molar-refractivity contribution in [2.24, 2.45) is 0 Å². The van der Waals surface area contributed by atoms with Crippen LogP contribution < -0.4 is 0 Å². The van der Waals surface area contributed by atoms with Gasteiger partial charge in [-0.25, -0.2) is 0 Å². The van der Waals surface area contributed by atoms with Crippen molar-refractivity contribution >= 4 is 55.1 Å². The van der Waals surface area contributed by atoms with Gasteiger partial charge in [-0.2, -0.15) is 0 Å². The smallest absolute Gasteiger partial charge is 0.0773 e. The Morgan fingerprint density at radius 1 is 1.36 bits per heavy atom. The predicted molar refractivity (Wildman–Crippen MR) is 71.3 cm³/mol. The minimum Gasteiger partial charge on any atom is -0.395 e. The first-order valence-corrected chi connectivity index (χ1v) is 6.90. The highest BCUT2D eigenvalue weighted by Gasteiger charge is 2.34. The molecule has 0 spiro atoms. The van der Waals surface area contributed by atoms with Crippen molar-refractivity contribution in [2.45, 2.75) is 46.6 Å². The number of aliphatic hydroxyl groups is 1. The zero-order valence-electron chi connectivity index (χ0n) is 8.53. The Morgan fingerprint density at radius 3 is 2.07 bits per heavy atom. The summed E-state index contributed by atoms with van der Waals surface area (Å²) >= 11 is 19.3. The van der Waals surface area contributed by atoms with Crippen LogP contribution in [0.4, 0.5) is 0 Å². The van der Waals surface area contributed by atoms with E-state index >= 15 is 0 Å². The van der Waals surface area contributed by atoms with Crippen LogP contribution in [0.3, 0.4) is 0 Å². The highest BCUT2D eigenvalue weighted by Crippen LogP contribution is 2.35. The molecule has 3 atom stereocenters. The Balaban J connectivity index is 4.26. The summed E-state index contributed by atoms with van der Waals surface area (Å²) in [6.45, 7) is 5.74. The van der Waals surface area contributed by atoms with E-state index in [4.69, 9.17) is 28.3 Å². The monoisotopic (exact) mass is 368 g/mol. The van der Waals surface area contributed by atoms with Crippen LogP contribution in [0.25, 0.3) is 0 Å². The van der Waals surface area contributed by atoms with Crippen molar-refractivity contribution in [1.29, 1.82) is 0 Å². The summed E-state index contributed by atoms with van der Waals surface area (Å²) in [7, 11) is 0. The number of hydrogen-bond acceptors (Lipinski definition) is 1. The molecule has 1 N–H and O–H groups in total. The Bertz CT molecular complexity index is 180. The number of alkyl halides is 4. The maximum Gasteiger partial charge on any atom is 0.0773 e. The van der Waals surface area contributed by atoms with Gasteiger partial charge in [0.15, 0.2) is 0 Å². The Morgan fingerprint density at radius 2 is 1.79 bits per heavy atom. The SMILES string of the molecule is CC(C)(Br)[C@@H](Cl)C[C@H](Br)[C@](C)(Cl)CO. The van der Waals surface area contributed by atoms with Crippen molar-refractivity contribution in [3.05, 3.63) is 0 Å². The molecule has 0 rings (SSSR count). The van der Waals surface area contributed by atoms with Crippen molar-refractivity contribution in [3.63, 3.8) is 0 Å². The normalized spacial score (nSPS) is 21.4. The Kier molecular flexibility index (Phi) is 6.33. The Labute approximate surface area is 113 Å². The molecule has 1 nitrogen and oxygen atoms in total. The highest BCUT2D eigenvalue weighted by molar-refractivity contribution is 9.10. The van der Waals surface area contributed by atoms with E-state index in [1.54, 1.807) is 6.92 Å². The number of rotatable bonds is 5. The molecule has 86 valence electrons. The molecule has 0 bridgehead atoms. The summed E-state index contributed by atoms with van der Waals surface area (Å²) in [5.41, 5.74) is 0. The second kappa shape index (κ2) is 5.72. The summed E-state index contributed by atoms with van der Waals surface area (Å²) < 4.78 is -0.136. The third-order valence-electron chi connectivity index (χ3n) is 2.12. The fourth-order valence-corrected chi connectivity index (χ4v) is 1.99. The van der Waals surface area contributed by atoms with E-state index in [0.29, 0.717) is 6.42 Å². The van der Waals surface area contributed by atoms with Crippen molar-refractivity contribution in [3.8, 4) is 0 Å². The van der Waals surface area contributed by atoms with E-state index in [1.807, 2.05) is 13.8 Å². The standard InChI is InChI=1S/C9H16Br2Cl2O/c1-8(2,11)7(12)4-6(10)9(3,13)5-14/h6-7,14H,4-5H2,1-3H3/t6-,7-,9+/m0/s1. The third-order valence-corrected chi connectivity index (χ3v) is 5.69. The molecule has 0 aliphatic heterocycles. The quantitative estimate of drug-likeness (QED) is 0.727. The molecule has 0 saturated carbocycles. The number of halogens is 4. The fourth-order valence-electron chi connectivity index (χ4n) is 0.807. The summed E-state index contributed by atoms with van der Waals surface area (Å²) in [4.78, 5) is -0.674. The molecule has 0 amide bonds. The van der Waals surface area contributed by atoms with Gasteiger partial charge in [0.25, 0.3) is 0 Å². The van der Waals surface area contributed by atoms with Gasteiger partial charge in [0.05, 0.1) is 11.5 Å². The maximum absolute atomic E-state index is 9.06. The lowest BCUT2D eigenvalue weighted by atomic mass is 9.99. The molecular weight excluding hydrogens is 355 g/mol. The first-order chi connectivity index (χ1) is 6.11. The van der Waals surface area contributed by atoms with Gasteiger partial charge in [0, 0.05) is 14.5 Å². The minimum atomic E-state index is -0.661. The van der Waals surface area contributed by atoms with E-state index < -0.39 is 4.87 Å². The van der Waals surface area contributed by atoms with Crippen LogP contribution in [0, 0.1) is 0 Å². The van der Waals surface area contributed by atoms with Gasteiger partial charge in [-0.05, 0) is 27.2 Å². The van der Waals surface area contributed by atoms with E-state index in [2.05, 4.69) is 31.9 Å². The average molecular weight is 371 g/mol. The van der Waals surface area contributed by atoms with Gasteiger partial charge < -0.3 is 5.11 Å². The van der Waals surface area contributed by atoms with E-state index in [9.17, 15) is 0 Å². The fraction of sp³-hybridized carbons (Fsp3) is 1.00. The molecule has 0 radical (unpaired) electrons. The van der Waals surface area contributed by atoms with Crippen LogP contribution in [0.2, 0.25) is 0 Å². The average Bonchev–Trinajstić information content (AvgIpc) is 2.02. The molecule has 0 fully saturated rings. The van der Waals surface area contributed by atoms with E-state index in [1.165, 1.54) is 0 Å². The predicted octanol–water partition coefficient (Wildman–Crippen LogP) is 3.91. The lowest BCUT2D eigenvalue weighted by Gasteiger charge is -2.31. The van der Waals surface area contributed by atoms with Crippen LogP contribution in [-0.2, 0) is 0 Å². The molecule has 0 aliphatic carbocycles. The lowest BCUT2D eigenvalue weighted by Crippen LogP contribution is -2.38. The highest BCUT2D eigenvalue weighted by atomic mass is 79.9. The first kappa shape index (κ1) is 15.5. The van der Waals surface area contributed by atoms with Crippen LogP contribution >= 0.6 is 55.1 Å². The summed E-state index contributed by atoms with van der Waals surface area (Å²) in [5.74, 6) is 0. The van der Waals surface area contributed by atoms with Gasteiger partial charge in [0.1, 0.15) is 0 Å². The van der Waals surface area contributed by atoms with Crippen LogP contribution in [0.15, 0.2) is 0 Å². The molecule has 14 heavy (non-hydrogen) atoms. The van der Waals surface area contributed by atoms with Crippen LogP contribution in [0.1, 0.15) is 27.2 Å². The summed E-state index contributed by atoms with van der Waals surface area (Å²) in [6.07, 6.45) is 0.695. The van der Waals surface area contributed by atoms with Crippen LogP contribution in [-0.4, -0.2) is 31.1 Å². The first-order valence-electron chi connectivity index (χ1n) is 4.38. The largest absolute Gasteiger partial charge is 0.395 e. The molecule has 0 aromatic heterocycles. The molecule has 0 aromatic carbocycles. The van der Waals surface area contributed by atoms with Gasteiger partial charge in [0.2, 0.25) is 0 Å². The van der Waals surface area contributed by atoms with E-state index in [0.717, 1.165) is 0 Å². The topological polar surface area (TPSA) is 20.2 Å². The summed E-state index contributed by atoms with van der Waals surface area (Å²) in [5, 5.41) is 9.02. The molecule has 0 saturated heterocycles. The molecule has 5 heteroatoms. The molecule has 0 heterocycles. The maximum atomic E-state index is 9.06. The Hall–Kier alpha value is 1.50. The van der Waals surface area contributed by atoms with Crippen molar-refractivity contribution < 1.29 is 5.11 Å². The molecule has 0 aromatic rings. The molecule has 0 unspecified atom stereocenters. The van der Waals surface area contributed by atoms with Gasteiger partial charge in [-0.15, -0.1) is 23.2 Å². The van der Waals surface area contributed by atoms with Gasteiger partial charge in [-0.3, -0.25) is 0 Å². The number of aliphatic hydroxyl groups excluding tert-OH is 1. The zero-order chi connectivity index (χ0) is 11.6. The summed E-state index contributed by atoms with van der Waals surface area (Å²) in [6, 6.07) is 0. The molecular formula is C9H16Br2Cl2O. The van der Waals surface area contributed by atoms with Crippen molar-refractivity contribution in [1.82, 2.24) is 0 Å².